The van der Waals surface area contributed by atoms with Gasteiger partial charge in [0.05, 0.1) is 30.6 Å². The fourth-order valence-corrected chi connectivity index (χ4v) is 4.43. The molecule has 1 aromatic carbocycles. The first kappa shape index (κ1) is 21.3. The molecule has 0 radical (unpaired) electrons. The quantitative estimate of drug-likeness (QED) is 0.775. The van der Waals surface area contributed by atoms with Gasteiger partial charge in [0.15, 0.2) is 0 Å². The molecular formula is C20H28N4O4S. The number of likely N-dealkylation sites (tertiary alicyclic amines) is 1. The molecule has 9 heteroatoms. The number of piperidine rings is 1. The highest BCUT2D eigenvalue weighted by atomic mass is 32.2. The Morgan fingerprint density at radius 2 is 2.00 bits per heavy atom. The van der Waals surface area contributed by atoms with Crippen LogP contribution in [-0.2, 0) is 21.3 Å². The number of hydrogen-bond donors (Lipinski definition) is 1. The van der Waals surface area contributed by atoms with Gasteiger partial charge in [-0.05, 0) is 32.8 Å². The second-order valence-corrected chi connectivity index (χ2v) is 9.40. The molecule has 0 spiro atoms. The molecular weight excluding hydrogens is 392 g/mol. The molecule has 1 fully saturated rings. The lowest BCUT2D eigenvalue weighted by Gasteiger charge is -2.40. The van der Waals surface area contributed by atoms with Gasteiger partial charge in [-0.3, -0.25) is 4.68 Å². The summed E-state index contributed by atoms with van der Waals surface area (Å²) in [7, 11) is -3.42. The zero-order valence-electron chi connectivity index (χ0n) is 17.0. The van der Waals surface area contributed by atoms with Crippen molar-refractivity contribution in [2.24, 2.45) is 0 Å². The number of sulfonamides is 1. The molecule has 0 bridgehead atoms. The van der Waals surface area contributed by atoms with E-state index in [4.69, 9.17) is 4.74 Å². The normalized spacial score (nSPS) is 20.1. The van der Waals surface area contributed by atoms with Crippen molar-refractivity contribution in [3.05, 3.63) is 42.6 Å². The number of carbonyl (C=O) groups is 1. The summed E-state index contributed by atoms with van der Waals surface area (Å²) < 4.78 is 33.6. The van der Waals surface area contributed by atoms with Crippen molar-refractivity contribution in [1.82, 2.24) is 19.4 Å². The number of amides is 1. The first-order chi connectivity index (χ1) is 13.7. The SMILES string of the molecule is CC(C)OC(=O)N1CCCC(NS(C)(=O)=O)C1Cn1ccc(-c2ccccc2)n1. The molecule has 1 aromatic heterocycles. The van der Waals surface area contributed by atoms with Crippen molar-refractivity contribution in [3.8, 4) is 11.3 Å². The number of carbonyl (C=O) groups excluding carboxylic acids is 1. The highest BCUT2D eigenvalue weighted by Gasteiger charge is 2.37. The second-order valence-electron chi connectivity index (χ2n) is 7.62. The van der Waals surface area contributed by atoms with Gasteiger partial charge in [0.2, 0.25) is 10.0 Å². The molecule has 1 amide bonds. The maximum atomic E-state index is 12.6. The van der Waals surface area contributed by atoms with Crippen LogP contribution in [0.25, 0.3) is 11.3 Å². The number of rotatable bonds is 6. The molecule has 2 aromatic rings. The first-order valence-corrected chi connectivity index (χ1v) is 11.7. The third-order valence-corrected chi connectivity index (χ3v) is 5.53. The molecule has 2 unspecified atom stereocenters. The Labute approximate surface area is 171 Å². The van der Waals surface area contributed by atoms with Gasteiger partial charge in [0.1, 0.15) is 0 Å². The summed E-state index contributed by atoms with van der Waals surface area (Å²) in [5.74, 6) is 0. The molecule has 1 saturated heterocycles. The van der Waals surface area contributed by atoms with E-state index in [1.165, 1.54) is 0 Å². The van der Waals surface area contributed by atoms with Gasteiger partial charge in [-0.15, -0.1) is 0 Å². The van der Waals surface area contributed by atoms with Gasteiger partial charge >= 0.3 is 6.09 Å². The van der Waals surface area contributed by atoms with Crippen LogP contribution in [0.4, 0.5) is 4.79 Å². The summed E-state index contributed by atoms with van der Waals surface area (Å²) in [4.78, 5) is 14.3. The number of hydrogen-bond acceptors (Lipinski definition) is 5. The third-order valence-electron chi connectivity index (χ3n) is 4.80. The Morgan fingerprint density at radius 3 is 2.66 bits per heavy atom. The van der Waals surface area contributed by atoms with Crippen LogP contribution in [0.15, 0.2) is 42.6 Å². The average molecular weight is 421 g/mol. The number of ether oxygens (including phenoxy) is 1. The molecule has 2 atom stereocenters. The molecule has 29 heavy (non-hydrogen) atoms. The van der Waals surface area contributed by atoms with Crippen molar-refractivity contribution in [2.75, 3.05) is 12.8 Å². The Morgan fingerprint density at radius 1 is 1.28 bits per heavy atom. The Bertz CT molecular complexity index is 927. The third kappa shape index (κ3) is 5.80. The zero-order chi connectivity index (χ0) is 21.0. The molecule has 1 N–H and O–H groups in total. The van der Waals surface area contributed by atoms with E-state index in [2.05, 4.69) is 9.82 Å². The fourth-order valence-electron chi connectivity index (χ4n) is 3.61. The van der Waals surface area contributed by atoms with Crippen LogP contribution < -0.4 is 4.72 Å². The molecule has 1 aliphatic rings. The summed E-state index contributed by atoms with van der Waals surface area (Å²) in [6, 6.07) is 10.9. The van der Waals surface area contributed by atoms with E-state index in [1.807, 2.05) is 42.6 Å². The smallest absolute Gasteiger partial charge is 0.410 e. The Hall–Kier alpha value is -2.39. The first-order valence-electron chi connectivity index (χ1n) is 9.76. The molecule has 0 aliphatic carbocycles. The zero-order valence-corrected chi connectivity index (χ0v) is 17.8. The monoisotopic (exact) mass is 420 g/mol. The van der Waals surface area contributed by atoms with E-state index < -0.39 is 28.2 Å². The van der Waals surface area contributed by atoms with Crippen molar-refractivity contribution in [2.45, 2.75) is 51.4 Å². The van der Waals surface area contributed by atoms with E-state index in [1.54, 1.807) is 23.4 Å². The van der Waals surface area contributed by atoms with E-state index in [-0.39, 0.29) is 6.10 Å². The van der Waals surface area contributed by atoms with Gasteiger partial charge in [0.25, 0.3) is 0 Å². The lowest BCUT2D eigenvalue weighted by molar-refractivity contribution is 0.0411. The lowest BCUT2D eigenvalue weighted by Crippen LogP contribution is -2.58. The number of benzene rings is 1. The van der Waals surface area contributed by atoms with Gasteiger partial charge in [-0.2, -0.15) is 5.10 Å². The number of nitrogens with zero attached hydrogens (tertiary/aromatic N) is 3. The summed E-state index contributed by atoms with van der Waals surface area (Å²) in [5.41, 5.74) is 1.82. The van der Waals surface area contributed by atoms with Crippen molar-refractivity contribution < 1.29 is 17.9 Å². The van der Waals surface area contributed by atoms with Crippen LogP contribution in [-0.4, -0.2) is 60.2 Å². The van der Waals surface area contributed by atoms with Gasteiger partial charge < -0.3 is 9.64 Å². The number of aromatic nitrogens is 2. The van der Waals surface area contributed by atoms with E-state index in [0.717, 1.165) is 17.5 Å². The van der Waals surface area contributed by atoms with Crippen LogP contribution in [0.2, 0.25) is 0 Å². The minimum atomic E-state index is -3.42. The maximum absolute atomic E-state index is 12.6. The predicted octanol–water partition coefficient (Wildman–Crippen LogP) is 2.48. The second kappa shape index (κ2) is 8.96. The fraction of sp³-hybridized carbons (Fsp3) is 0.500. The van der Waals surface area contributed by atoms with Crippen molar-refractivity contribution >= 4 is 16.1 Å². The minimum Gasteiger partial charge on any atom is -0.447 e. The summed E-state index contributed by atoms with van der Waals surface area (Å²) in [6.45, 7) is 4.48. The van der Waals surface area contributed by atoms with Crippen LogP contribution in [0.5, 0.6) is 0 Å². The minimum absolute atomic E-state index is 0.249. The summed E-state index contributed by atoms with van der Waals surface area (Å²) in [5, 5.41) is 4.62. The Kier molecular flexibility index (Phi) is 6.59. The Balaban J connectivity index is 1.84. The van der Waals surface area contributed by atoms with E-state index >= 15 is 0 Å². The van der Waals surface area contributed by atoms with Crippen LogP contribution in [0.1, 0.15) is 26.7 Å². The highest BCUT2D eigenvalue weighted by molar-refractivity contribution is 7.88. The topological polar surface area (TPSA) is 93.5 Å². The summed E-state index contributed by atoms with van der Waals surface area (Å²) in [6.07, 6.45) is 3.65. The molecule has 8 nitrogen and oxygen atoms in total. The van der Waals surface area contributed by atoms with Gasteiger partial charge in [-0.25, -0.2) is 17.9 Å². The molecule has 158 valence electrons. The molecule has 1 aliphatic heterocycles. The lowest BCUT2D eigenvalue weighted by atomic mass is 9.97. The average Bonchev–Trinajstić information content (AvgIpc) is 3.10. The van der Waals surface area contributed by atoms with Crippen LogP contribution in [0.3, 0.4) is 0 Å². The highest BCUT2D eigenvalue weighted by Crippen LogP contribution is 2.23. The van der Waals surface area contributed by atoms with Gasteiger partial charge in [-0.1, -0.05) is 30.3 Å². The van der Waals surface area contributed by atoms with E-state index in [0.29, 0.717) is 25.9 Å². The molecule has 0 saturated carbocycles. The summed E-state index contributed by atoms with van der Waals surface area (Å²) >= 11 is 0. The molecule has 2 heterocycles. The van der Waals surface area contributed by atoms with Crippen molar-refractivity contribution in [3.63, 3.8) is 0 Å². The predicted molar refractivity (Wildman–Crippen MR) is 111 cm³/mol. The van der Waals surface area contributed by atoms with Crippen LogP contribution in [0, 0.1) is 0 Å². The largest absolute Gasteiger partial charge is 0.447 e. The standard InChI is InChI=1S/C20H28N4O4S/c1-15(2)28-20(25)24-12-7-10-18(22-29(3,26)27)19(24)14-23-13-11-17(21-23)16-8-5-4-6-9-16/h4-6,8-9,11,13,15,18-19,22H,7,10,12,14H2,1-3H3. The maximum Gasteiger partial charge on any atom is 0.410 e. The van der Waals surface area contributed by atoms with Gasteiger partial charge in [0, 0.05) is 24.3 Å². The number of nitrogens with one attached hydrogen (secondary N) is 1. The van der Waals surface area contributed by atoms with Crippen molar-refractivity contribution in [1.29, 1.82) is 0 Å². The van der Waals surface area contributed by atoms with Crippen LogP contribution >= 0.6 is 0 Å². The van der Waals surface area contributed by atoms with E-state index in [9.17, 15) is 13.2 Å². The molecule has 3 rings (SSSR count).